The predicted octanol–water partition coefficient (Wildman–Crippen LogP) is 5.02. The number of nitrogens with one attached hydrogen (secondary N) is 1. The highest BCUT2D eigenvalue weighted by Gasteiger charge is 2.31. The van der Waals surface area contributed by atoms with Crippen molar-refractivity contribution < 1.29 is 4.79 Å². The zero-order valence-electron chi connectivity index (χ0n) is 17.2. The highest BCUT2D eigenvalue weighted by atomic mass is 16.2. The topological polar surface area (TPSA) is 48.5 Å². The van der Waals surface area contributed by atoms with Crippen LogP contribution in [-0.4, -0.2) is 30.0 Å². The van der Waals surface area contributed by atoms with Crippen LogP contribution in [0.5, 0.6) is 0 Å². The molecule has 1 saturated heterocycles. The number of hydrogen-bond acceptors (Lipinski definition) is 4. The molecule has 1 amide bonds. The van der Waals surface area contributed by atoms with Gasteiger partial charge in [-0.05, 0) is 74.2 Å². The van der Waals surface area contributed by atoms with Gasteiger partial charge in [-0.1, -0.05) is 18.2 Å². The lowest BCUT2D eigenvalue weighted by molar-refractivity contribution is 0.0981. The van der Waals surface area contributed by atoms with Gasteiger partial charge in [0.1, 0.15) is 5.82 Å². The van der Waals surface area contributed by atoms with E-state index in [2.05, 4.69) is 52.5 Å². The Hall–Kier alpha value is -3.34. The van der Waals surface area contributed by atoms with Crippen LogP contribution < -0.4 is 15.1 Å². The third kappa shape index (κ3) is 3.52. The average Bonchev–Trinajstić information content (AvgIpc) is 3.42. The van der Waals surface area contributed by atoms with E-state index >= 15 is 0 Å². The van der Waals surface area contributed by atoms with E-state index in [0.29, 0.717) is 5.56 Å². The number of anilines is 4. The number of hydrogen-bond donors (Lipinski definition) is 1. The maximum atomic E-state index is 13.1. The molecule has 1 aromatic heterocycles. The summed E-state index contributed by atoms with van der Waals surface area (Å²) in [6.45, 7) is 4.38. The summed E-state index contributed by atoms with van der Waals surface area (Å²) in [5.41, 5.74) is 5.10. The second kappa shape index (κ2) is 7.82. The van der Waals surface area contributed by atoms with Gasteiger partial charge in [0, 0.05) is 42.4 Å². The molecule has 0 aliphatic carbocycles. The molecular weight excluding hydrogens is 372 g/mol. The van der Waals surface area contributed by atoms with Crippen molar-refractivity contribution in [2.45, 2.75) is 32.2 Å². The Balaban J connectivity index is 1.28. The molecule has 0 spiro atoms. The minimum Gasteiger partial charge on any atom is -0.372 e. The number of fused-ring (bicyclic) bond motifs is 1. The zero-order valence-corrected chi connectivity index (χ0v) is 17.2. The Morgan fingerprint density at radius 1 is 1.00 bits per heavy atom. The number of nitrogens with zero attached hydrogens (tertiary/aromatic N) is 3. The fraction of sp³-hybridized carbons (Fsp3) is 0.280. The van der Waals surface area contributed by atoms with Crippen molar-refractivity contribution in [2.75, 3.05) is 28.2 Å². The highest BCUT2D eigenvalue weighted by Crippen LogP contribution is 2.33. The third-order valence-electron chi connectivity index (χ3n) is 6.05. The lowest BCUT2D eigenvalue weighted by Crippen LogP contribution is -2.35. The number of carbonyl (C=O) groups is 1. The van der Waals surface area contributed by atoms with Crippen molar-refractivity contribution in [2.24, 2.45) is 0 Å². The molecular formula is C25H26N4O. The Kier molecular flexibility index (Phi) is 4.87. The second-order valence-corrected chi connectivity index (χ2v) is 8.16. The van der Waals surface area contributed by atoms with E-state index in [9.17, 15) is 4.79 Å². The van der Waals surface area contributed by atoms with E-state index < -0.39 is 0 Å². The lowest BCUT2D eigenvalue weighted by Gasteiger charge is -2.22. The van der Waals surface area contributed by atoms with Gasteiger partial charge in [-0.15, -0.1) is 0 Å². The first-order valence-corrected chi connectivity index (χ1v) is 10.7. The molecule has 0 radical (unpaired) electrons. The first-order valence-electron chi connectivity index (χ1n) is 10.7. The van der Waals surface area contributed by atoms with Gasteiger partial charge in [-0.25, -0.2) is 4.98 Å². The molecule has 1 atom stereocenters. The number of para-hydroxylation sites is 1. The number of pyridine rings is 1. The number of benzene rings is 2. The van der Waals surface area contributed by atoms with Crippen LogP contribution in [-0.2, 0) is 6.42 Å². The molecule has 1 fully saturated rings. The van der Waals surface area contributed by atoms with Crippen LogP contribution in [0.4, 0.5) is 22.9 Å². The van der Waals surface area contributed by atoms with E-state index in [-0.39, 0.29) is 11.9 Å². The van der Waals surface area contributed by atoms with Gasteiger partial charge >= 0.3 is 0 Å². The van der Waals surface area contributed by atoms with Crippen molar-refractivity contribution in [1.29, 1.82) is 0 Å². The Labute approximate surface area is 177 Å². The summed E-state index contributed by atoms with van der Waals surface area (Å²) in [4.78, 5) is 21.9. The maximum Gasteiger partial charge on any atom is 0.260 e. The summed E-state index contributed by atoms with van der Waals surface area (Å²) in [7, 11) is 0. The van der Waals surface area contributed by atoms with Gasteiger partial charge in [0.05, 0.1) is 5.56 Å². The molecule has 152 valence electrons. The molecule has 2 aliphatic heterocycles. The maximum absolute atomic E-state index is 13.1. The van der Waals surface area contributed by atoms with E-state index in [4.69, 9.17) is 0 Å². The largest absolute Gasteiger partial charge is 0.372 e. The van der Waals surface area contributed by atoms with Crippen molar-refractivity contribution in [1.82, 2.24) is 4.98 Å². The molecule has 1 N–H and O–H groups in total. The first kappa shape index (κ1) is 18.7. The van der Waals surface area contributed by atoms with Crippen LogP contribution in [0.1, 0.15) is 35.7 Å². The summed E-state index contributed by atoms with van der Waals surface area (Å²) in [5, 5.41) is 3.33. The molecule has 5 rings (SSSR count). The minimum absolute atomic E-state index is 0.00136. The third-order valence-corrected chi connectivity index (χ3v) is 6.05. The monoisotopic (exact) mass is 398 g/mol. The Bertz CT molecular complexity index is 1040. The number of rotatable bonds is 4. The minimum atomic E-state index is 0.00136. The summed E-state index contributed by atoms with van der Waals surface area (Å²) in [6.07, 6.45) is 5.10. The van der Waals surface area contributed by atoms with Gasteiger partial charge in [0.2, 0.25) is 0 Å². The van der Waals surface area contributed by atoms with E-state index in [1.165, 1.54) is 24.1 Å². The van der Waals surface area contributed by atoms with Gasteiger partial charge in [0.25, 0.3) is 5.91 Å². The molecule has 3 aromatic rings. The fourth-order valence-electron chi connectivity index (χ4n) is 4.49. The molecule has 0 saturated carbocycles. The first-order chi connectivity index (χ1) is 14.7. The number of aromatic nitrogens is 1. The summed E-state index contributed by atoms with van der Waals surface area (Å²) >= 11 is 0. The summed E-state index contributed by atoms with van der Waals surface area (Å²) < 4.78 is 0. The predicted molar refractivity (Wildman–Crippen MR) is 122 cm³/mol. The molecule has 2 aliphatic rings. The van der Waals surface area contributed by atoms with Crippen LogP contribution in [0.2, 0.25) is 0 Å². The molecule has 5 heteroatoms. The number of carbonyl (C=O) groups excluding carboxylic acids is 1. The molecule has 3 heterocycles. The standard InChI is InChI=1S/C25H26N4O/c1-18-16-19-6-2-3-7-23(19)29(18)25(30)20-8-13-24(26-17-20)27-21-9-11-22(12-10-21)28-14-4-5-15-28/h2-3,6-13,17-18H,4-5,14-16H2,1H3,(H,26,27). The van der Waals surface area contributed by atoms with Crippen molar-refractivity contribution in [3.8, 4) is 0 Å². The average molecular weight is 399 g/mol. The Morgan fingerprint density at radius 3 is 2.50 bits per heavy atom. The van der Waals surface area contributed by atoms with E-state index in [1.54, 1.807) is 6.20 Å². The molecule has 0 bridgehead atoms. The summed E-state index contributed by atoms with van der Waals surface area (Å²) in [5.74, 6) is 0.733. The van der Waals surface area contributed by atoms with Gasteiger partial charge < -0.3 is 15.1 Å². The van der Waals surface area contributed by atoms with E-state index in [0.717, 1.165) is 36.7 Å². The highest BCUT2D eigenvalue weighted by molar-refractivity contribution is 6.07. The molecule has 1 unspecified atom stereocenters. The molecule has 2 aromatic carbocycles. The van der Waals surface area contributed by atoms with Crippen LogP contribution >= 0.6 is 0 Å². The summed E-state index contributed by atoms with van der Waals surface area (Å²) in [6, 6.07) is 20.5. The zero-order chi connectivity index (χ0) is 20.5. The normalized spacial score (nSPS) is 17.8. The fourth-order valence-corrected chi connectivity index (χ4v) is 4.49. The van der Waals surface area contributed by atoms with Gasteiger partial charge in [-0.3, -0.25) is 4.79 Å². The van der Waals surface area contributed by atoms with Crippen molar-refractivity contribution in [3.05, 3.63) is 78.0 Å². The van der Waals surface area contributed by atoms with Crippen LogP contribution in [0.3, 0.4) is 0 Å². The smallest absolute Gasteiger partial charge is 0.260 e. The van der Waals surface area contributed by atoms with E-state index in [1.807, 2.05) is 35.2 Å². The van der Waals surface area contributed by atoms with Crippen LogP contribution in [0.25, 0.3) is 0 Å². The molecule has 5 nitrogen and oxygen atoms in total. The molecule has 30 heavy (non-hydrogen) atoms. The second-order valence-electron chi connectivity index (χ2n) is 8.16. The SMILES string of the molecule is CC1Cc2ccccc2N1C(=O)c1ccc(Nc2ccc(N3CCCC3)cc2)nc1. The van der Waals surface area contributed by atoms with Crippen molar-refractivity contribution in [3.63, 3.8) is 0 Å². The Morgan fingerprint density at radius 2 is 1.77 bits per heavy atom. The quantitative estimate of drug-likeness (QED) is 0.671. The van der Waals surface area contributed by atoms with Crippen molar-refractivity contribution >= 4 is 28.8 Å². The van der Waals surface area contributed by atoms with Crippen LogP contribution in [0, 0.1) is 0 Å². The number of amides is 1. The van der Waals surface area contributed by atoms with Gasteiger partial charge in [-0.2, -0.15) is 0 Å². The van der Waals surface area contributed by atoms with Gasteiger partial charge in [0.15, 0.2) is 0 Å². The van der Waals surface area contributed by atoms with Crippen LogP contribution in [0.15, 0.2) is 66.9 Å². The lowest BCUT2D eigenvalue weighted by atomic mass is 10.1.